The number of rotatable bonds is 7. The summed E-state index contributed by atoms with van der Waals surface area (Å²) in [5, 5.41) is 24.6. The minimum absolute atomic E-state index is 0.148. The SMILES string of the molecule is CC1CCCCN1Cc1ccc(CNCCN2CCNC2=C(C#N)C#N)o1. The summed E-state index contributed by atoms with van der Waals surface area (Å²) in [7, 11) is 0. The molecule has 0 radical (unpaired) electrons. The third-order valence-electron chi connectivity index (χ3n) is 5.33. The predicted octanol–water partition coefficient (Wildman–Crippen LogP) is 1.91. The minimum Gasteiger partial charge on any atom is -0.463 e. The van der Waals surface area contributed by atoms with Crippen LogP contribution < -0.4 is 10.6 Å². The maximum Gasteiger partial charge on any atom is 0.169 e. The number of nitriles is 2. The van der Waals surface area contributed by atoms with Crippen LogP contribution in [0.15, 0.2) is 27.9 Å². The van der Waals surface area contributed by atoms with Gasteiger partial charge in [-0.2, -0.15) is 10.5 Å². The van der Waals surface area contributed by atoms with Gasteiger partial charge in [0.1, 0.15) is 29.5 Å². The quantitative estimate of drug-likeness (QED) is 0.561. The number of hydrogen-bond acceptors (Lipinski definition) is 7. The van der Waals surface area contributed by atoms with Crippen molar-refractivity contribution >= 4 is 0 Å². The van der Waals surface area contributed by atoms with Crippen LogP contribution in [0, 0.1) is 22.7 Å². The normalized spacial score (nSPS) is 20.2. The molecule has 3 rings (SSSR count). The molecule has 2 saturated heterocycles. The Balaban J connectivity index is 1.42. The number of allylic oxidation sites excluding steroid dienone is 1. The summed E-state index contributed by atoms with van der Waals surface area (Å²) in [6, 6.07) is 8.66. The lowest BCUT2D eigenvalue weighted by Gasteiger charge is -2.32. The molecule has 1 aromatic rings. The molecule has 144 valence electrons. The van der Waals surface area contributed by atoms with Gasteiger partial charge < -0.3 is 20.0 Å². The summed E-state index contributed by atoms with van der Waals surface area (Å²) >= 11 is 0. The summed E-state index contributed by atoms with van der Waals surface area (Å²) < 4.78 is 5.98. The Bertz CT molecular complexity index is 724. The molecule has 0 bridgehead atoms. The lowest BCUT2D eigenvalue weighted by molar-refractivity contribution is 0.141. The molecule has 0 saturated carbocycles. The Morgan fingerprint density at radius 3 is 2.85 bits per heavy atom. The highest BCUT2D eigenvalue weighted by Crippen LogP contribution is 2.20. The van der Waals surface area contributed by atoms with E-state index < -0.39 is 0 Å². The number of likely N-dealkylation sites (tertiary alicyclic amines) is 1. The Kier molecular flexibility index (Phi) is 6.75. The van der Waals surface area contributed by atoms with Gasteiger partial charge in [0.2, 0.25) is 0 Å². The lowest BCUT2D eigenvalue weighted by Crippen LogP contribution is -2.36. The molecule has 1 aromatic heterocycles. The van der Waals surface area contributed by atoms with Crippen molar-refractivity contribution in [1.82, 2.24) is 20.4 Å². The van der Waals surface area contributed by atoms with Crippen LogP contribution in [-0.4, -0.2) is 48.6 Å². The molecular formula is C20H28N6O. The number of nitrogens with one attached hydrogen (secondary N) is 2. The van der Waals surface area contributed by atoms with Gasteiger partial charge in [0.05, 0.1) is 13.1 Å². The van der Waals surface area contributed by atoms with Crippen molar-refractivity contribution in [3.63, 3.8) is 0 Å². The highest BCUT2D eigenvalue weighted by atomic mass is 16.3. The van der Waals surface area contributed by atoms with E-state index in [2.05, 4.69) is 28.5 Å². The zero-order valence-corrected chi connectivity index (χ0v) is 16.0. The van der Waals surface area contributed by atoms with Crippen LogP contribution in [0.1, 0.15) is 37.7 Å². The topological polar surface area (TPSA) is 91.3 Å². The van der Waals surface area contributed by atoms with Gasteiger partial charge in [-0.05, 0) is 38.4 Å². The smallest absolute Gasteiger partial charge is 0.169 e. The van der Waals surface area contributed by atoms with Crippen molar-refractivity contribution < 1.29 is 4.42 Å². The van der Waals surface area contributed by atoms with Crippen molar-refractivity contribution in [2.75, 3.05) is 32.7 Å². The van der Waals surface area contributed by atoms with E-state index in [1.54, 1.807) is 0 Å². The Morgan fingerprint density at radius 1 is 1.26 bits per heavy atom. The van der Waals surface area contributed by atoms with Gasteiger partial charge in [-0.3, -0.25) is 4.90 Å². The fourth-order valence-electron chi connectivity index (χ4n) is 3.75. The van der Waals surface area contributed by atoms with Crippen molar-refractivity contribution in [2.45, 2.75) is 45.3 Å². The molecule has 2 N–H and O–H groups in total. The van der Waals surface area contributed by atoms with E-state index >= 15 is 0 Å². The second kappa shape index (κ2) is 9.45. The van der Waals surface area contributed by atoms with Gasteiger partial charge in [0, 0.05) is 32.2 Å². The van der Waals surface area contributed by atoms with Crippen LogP contribution in [0.5, 0.6) is 0 Å². The zero-order valence-electron chi connectivity index (χ0n) is 16.0. The van der Waals surface area contributed by atoms with E-state index in [4.69, 9.17) is 14.9 Å². The van der Waals surface area contributed by atoms with E-state index in [1.165, 1.54) is 19.3 Å². The van der Waals surface area contributed by atoms with Crippen LogP contribution in [0.3, 0.4) is 0 Å². The Morgan fingerprint density at radius 2 is 2.07 bits per heavy atom. The molecule has 7 heteroatoms. The van der Waals surface area contributed by atoms with E-state index in [-0.39, 0.29) is 5.57 Å². The molecule has 2 aliphatic rings. The van der Waals surface area contributed by atoms with E-state index in [1.807, 2.05) is 23.1 Å². The maximum absolute atomic E-state index is 9.03. The molecule has 2 fully saturated rings. The van der Waals surface area contributed by atoms with E-state index in [9.17, 15) is 0 Å². The number of furan rings is 1. The first kappa shape index (κ1) is 19.3. The highest BCUT2D eigenvalue weighted by Gasteiger charge is 2.21. The van der Waals surface area contributed by atoms with Crippen LogP contribution in [0.25, 0.3) is 0 Å². The molecule has 0 amide bonds. The Hall–Kier alpha value is -2.48. The third kappa shape index (κ3) is 5.03. The molecule has 27 heavy (non-hydrogen) atoms. The van der Waals surface area contributed by atoms with Gasteiger partial charge in [-0.15, -0.1) is 0 Å². The molecular weight excluding hydrogens is 340 g/mol. The minimum atomic E-state index is 0.148. The maximum atomic E-state index is 9.03. The monoisotopic (exact) mass is 368 g/mol. The summed E-state index contributed by atoms with van der Waals surface area (Å²) in [5.74, 6) is 2.62. The lowest BCUT2D eigenvalue weighted by atomic mass is 10.0. The summed E-state index contributed by atoms with van der Waals surface area (Å²) in [6.07, 6.45) is 3.88. The zero-order chi connectivity index (χ0) is 19.1. The van der Waals surface area contributed by atoms with Gasteiger partial charge in [0.15, 0.2) is 5.57 Å². The second-order valence-electron chi connectivity index (χ2n) is 7.22. The molecule has 0 aromatic carbocycles. The largest absolute Gasteiger partial charge is 0.463 e. The number of hydrogen-bond donors (Lipinski definition) is 2. The average molecular weight is 368 g/mol. The first-order chi connectivity index (χ1) is 13.2. The van der Waals surface area contributed by atoms with Crippen molar-refractivity contribution in [1.29, 1.82) is 10.5 Å². The van der Waals surface area contributed by atoms with E-state index in [0.29, 0.717) is 18.4 Å². The van der Waals surface area contributed by atoms with Crippen LogP contribution in [0.4, 0.5) is 0 Å². The molecule has 3 heterocycles. The standard InChI is InChI=1S/C20H28N6O/c1-16-4-2-3-9-26(16)15-19-6-5-18(27-19)14-23-7-10-25-11-8-24-20(25)17(12-21)13-22/h5-6,16,23-24H,2-4,7-11,14-15H2,1H3. The molecule has 7 nitrogen and oxygen atoms in total. The predicted molar refractivity (Wildman–Crippen MR) is 102 cm³/mol. The van der Waals surface area contributed by atoms with Gasteiger partial charge in [-0.1, -0.05) is 6.42 Å². The highest BCUT2D eigenvalue weighted by molar-refractivity contribution is 5.39. The fraction of sp³-hybridized carbons (Fsp3) is 0.600. The summed E-state index contributed by atoms with van der Waals surface area (Å²) in [6.45, 7) is 8.09. The van der Waals surface area contributed by atoms with Crippen LogP contribution in [-0.2, 0) is 13.1 Å². The van der Waals surface area contributed by atoms with Crippen molar-refractivity contribution in [3.05, 3.63) is 35.0 Å². The molecule has 0 spiro atoms. The van der Waals surface area contributed by atoms with E-state index in [0.717, 1.165) is 50.8 Å². The van der Waals surface area contributed by atoms with Gasteiger partial charge in [-0.25, -0.2) is 0 Å². The van der Waals surface area contributed by atoms with Gasteiger partial charge >= 0.3 is 0 Å². The Labute approximate surface area is 161 Å². The molecule has 1 atom stereocenters. The first-order valence-corrected chi connectivity index (χ1v) is 9.77. The third-order valence-corrected chi connectivity index (χ3v) is 5.33. The molecule has 1 unspecified atom stereocenters. The average Bonchev–Trinajstić information content (AvgIpc) is 3.32. The van der Waals surface area contributed by atoms with Gasteiger partial charge in [0.25, 0.3) is 0 Å². The summed E-state index contributed by atoms with van der Waals surface area (Å²) in [5.41, 5.74) is 0.148. The molecule has 2 aliphatic heterocycles. The number of nitrogens with zero attached hydrogens (tertiary/aromatic N) is 4. The van der Waals surface area contributed by atoms with Crippen LogP contribution >= 0.6 is 0 Å². The first-order valence-electron chi connectivity index (χ1n) is 9.77. The van der Waals surface area contributed by atoms with Crippen molar-refractivity contribution in [3.8, 4) is 12.1 Å². The fourth-order valence-corrected chi connectivity index (χ4v) is 3.75. The number of piperidine rings is 1. The molecule has 0 aliphatic carbocycles. The summed E-state index contributed by atoms with van der Waals surface area (Å²) in [4.78, 5) is 4.54. The second-order valence-corrected chi connectivity index (χ2v) is 7.22. The van der Waals surface area contributed by atoms with Crippen molar-refractivity contribution in [2.24, 2.45) is 0 Å². The van der Waals surface area contributed by atoms with Crippen LogP contribution in [0.2, 0.25) is 0 Å².